The Bertz CT molecular complexity index is 870. The summed E-state index contributed by atoms with van der Waals surface area (Å²) >= 11 is 0. The summed E-state index contributed by atoms with van der Waals surface area (Å²) in [4.78, 5) is 22.5. The van der Waals surface area contributed by atoms with Gasteiger partial charge in [-0.05, 0) is 24.9 Å². The molecule has 2 unspecified atom stereocenters. The van der Waals surface area contributed by atoms with Gasteiger partial charge in [-0.3, -0.25) is 4.79 Å². The van der Waals surface area contributed by atoms with E-state index in [0.29, 0.717) is 12.3 Å². The first kappa shape index (κ1) is 20.9. The Hall–Kier alpha value is -2.34. The van der Waals surface area contributed by atoms with Gasteiger partial charge in [-0.2, -0.15) is 0 Å². The standard InChI is InChI=1S/C24H34N4O2/c1-4-26-11-13-27(14-12-26)24(29)16-20(19-7-5-6-8-22(19)30-3)21-17-25-23-15-18(2)9-10-28(21)23/h5-8,17-18,20H,4,9-16H2,1-3H3. The Kier molecular flexibility index (Phi) is 6.42. The first-order valence-electron chi connectivity index (χ1n) is 11.3. The number of aromatic nitrogens is 2. The van der Waals surface area contributed by atoms with Crippen LogP contribution < -0.4 is 4.74 Å². The lowest BCUT2D eigenvalue weighted by molar-refractivity contribution is -0.133. The number of methoxy groups -OCH3 is 1. The van der Waals surface area contributed by atoms with Gasteiger partial charge in [0.2, 0.25) is 5.91 Å². The molecule has 2 aliphatic rings. The van der Waals surface area contributed by atoms with Gasteiger partial charge in [0.25, 0.3) is 0 Å². The summed E-state index contributed by atoms with van der Waals surface area (Å²) in [5.41, 5.74) is 2.21. The van der Waals surface area contributed by atoms with E-state index in [2.05, 4.69) is 29.4 Å². The summed E-state index contributed by atoms with van der Waals surface area (Å²) in [5, 5.41) is 0. The van der Waals surface area contributed by atoms with Gasteiger partial charge in [0.05, 0.1) is 7.11 Å². The van der Waals surface area contributed by atoms with Crippen LogP contribution in [-0.2, 0) is 17.8 Å². The molecule has 3 heterocycles. The molecule has 4 rings (SSSR count). The van der Waals surface area contributed by atoms with Crippen LogP contribution in [0.25, 0.3) is 0 Å². The fourth-order valence-corrected chi connectivity index (χ4v) is 4.84. The number of rotatable bonds is 6. The van der Waals surface area contributed by atoms with E-state index in [1.54, 1.807) is 7.11 Å². The largest absolute Gasteiger partial charge is 0.496 e. The number of hydrogen-bond donors (Lipinski definition) is 0. The van der Waals surface area contributed by atoms with E-state index in [4.69, 9.17) is 9.72 Å². The number of carbonyl (C=O) groups excluding carboxylic acids is 1. The van der Waals surface area contributed by atoms with E-state index in [0.717, 1.165) is 74.9 Å². The van der Waals surface area contributed by atoms with Gasteiger partial charge in [-0.25, -0.2) is 4.98 Å². The van der Waals surface area contributed by atoms with Gasteiger partial charge >= 0.3 is 0 Å². The molecule has 1 fully saturated rings. The minimum absolute atomic E-state index is 0.0486. The quantitative estimate of drug-likeness (QED) is 0.734. The smallest absolute Gasteiger partial charge is 0.223 e. The van der Waals surface area contributed by atoms with Crippen molar-refractivity contribution in [3.63, 3.8) is 0 Å². The predicted octanol–water partition coefficient (Wildman–Crippen LogP) is 3.16. The summed E-state index contributed by atoms with van der Waals surface area (Å²) in [7, 11) is 1.70. The first-order valence-corrected chi connectivity index (χ1v) is 11.3. The molecular weight excluding hydrogens is 376 g/mol. The van der Waals surface area contributed by atoms with Crippen LogP contribution >= 0.6 is 0 Å². The minimum atomic E-state index is -0.0486. The molecule has 0 radical (unpaired) electrons. The number of amides is 1. The maximum absolute atomic E-state index is 13.3. The molecule has 0 spiro atoms. The molecule has 1 saturated heterocycles. The van der Waals surface area contributed by atoms with Crippen molar-refractivity contribution in [2.75, 3.05) is 39.8 Å². The first-order chi connectivity index (χ1) is 14.6. The van der Waals surface area contributed by atoms with Crippen molar-refractivity contribution in [2.24, 2.45) is 5.92 Å². The Morgan fingerprint density at radius 2 is 1.97 bits per heavy atom. The minimum Gasteiger partial charge on any atom is -0.496 e. The van der Waals surface area contributed by atoms with E-state index in [9.17, 15) is 4.79 Å². The molecule has 2 aliphatic heterocycles. The maximum atomic E-state index is 13.3. The number of para-hydroxylation sites is 1. The van der Waals surface area contributed by atoms with E-state index >= 15 is 0 Å². The highest BCUT2D eigenvalue weighted by Crippen LogP contribution is 2.36. The van der Waals surface area contributed by atoms with Crippen molar-refractivity contribution in [3.8, 4) is 5.75 Å². The van der Waals surface area contributed by atoms with Crippen LogP contribution in [0.15, 0.2) is 30.5 Å². The molecule has 2 aromatic rings. The van der Waals surface area contributed by atoms with Crippen LogP contribution in [0.3, 0.4) is 0 Å². The number of hydrogen-bond acceptors (Lipinski definition) is 4. The average molecular weight is 411 g/mol. The SMILES string of the molecule is CCN1CCN(C(=O)CC(c2ccccc2OC)c2cnc3n2CCC(C)C3)CC1. The number of benzene rings is 1. The number of piperazine rings is 1. The number of ether oxygens (including phenoxy) is 1. The van der Waals surface area contributed by atoms with Gasteiger partial charge < -0.3 is 19.1 Å². The monoisotopic (exact) mass is 410 g/mol. The molecule has 1 aromatic carbocycles. The highest BCUT2D eigenvalue weighted by Gasteiger charge is 2.30. The molecule has 0 aliphatic carbocycles. The topological polar surface area (TPSA) is 50.6 Å². The second-order valence-electron chi connectivity index (χ2n) is 8.66. The molecule has 162 valence electrons. The number of carbonyl (C=O) groups is 1. The molecule has 6 nitrogen and oxygen atoms in total. The number of imidazole rings is 1. The highest BCUT2D eigenvalue weighted by atomic mass is 16.5. The summed E-state index contributed by atoms with van der Waals surface area (Å²) in [6.45, 7) is 10.0. The molecule has 2 atom stereocenters. The maximum Gasteiger partial charge on any atom is 0.223 e. The fraction of sp³-hybridized carbons (Fsp3) is 0.583. The predicted molar refractivity (Wildman–Crippen MR) is 118 cm³/mol. The van der Waals surface area contributed by atoms with Crippen molar-refractivity contribution in [1.29, 1.82) is 0 Å². The normalized spacial score (nSPS) is 20.6. The lowest BCUT2D eigenvalue weighted by Crippen LogP contribution is -2.48. The molecule has 0 bridgehead atoms. The molecule has 0 N–H and O–H groups in total. The summed E-state index contributed by atoms with van der Waals surface area (Å²) in [6, 6.07) is 8.10. The fourth-order valence-electron chi connectivity index (χ4n) is 4.84. The number of fused-ring (bicyclic) bond motifs is 1. The zero-order chi connectivity index (χ0) is 21.1. The number of likely N-dealkylation sites (N-methyl/N-ethyl adjacent to an activating group) is 1. The van der Waals surface area contributed by atoms with Crippen LogP contribution in [0, 0.1) is 5.92 Å². The summed E-state index contributed by atoms with van der Waals surface area (Å²) in [6.07, 6.45) is 4.60. The van der Waals surface area contributed by atoms with Crippen molar-refractivity contribution < 1.29 is 9.53 Å². The zero-order valence-corrected chi connectivity index (χ0v) is 18.5. The molecule has 0 saturated carbocycles. The van der Waals surface area contributed by atoms with E-state index < -0.39 is 0 Å². The van der Waals surface area contributed by atoms with Crippen molar-refractivity contribution in [3.05, 3.63) is 47.5 Å². The van der Waals surface area contributed by atoms with Gasteiger partial charge in [0, 0.05) is 68.9 Å². The van der Waals surface area contributed by atoms with Gasteiger partial charge in [0.15, 0.2) is 0 Å². The second-order valence-corrected chi connectivity index (χ2v) is 8.66. The van der Waals surface area contributed by atoms with Crippen molar-refractivity contribution >= 4 is 5.91 Å². The summed E-state index contributed by atoms with van der Waals surface area (Å²) < 4.78 is 8.03. The van der Waals surface area contributed by atoms with E-state index in [-0.39, 0.29) is 11.8 Å². The molecule has 6 heteroatoms. The average Bonchev–Trinajstić information content (AvgIpc) is 3.20. The van der Waals surface area contributed by atoms with E-state index in [1.807, 2.05) is 29.3 Å². The zero-order valence-electron chi connectivity index (χ0n) is 18.5. The third-order valence-corrected chi connectivity index (χ3v) is 6.77. The Labute approximate surface area is 179 Å². The van der Waals surface area contributed by atoms with Crippen LogP contribution in [0.1, 0.15) is 49.7 Å². The van der Waals surface area contributed by atoms with Crippen LogP contribution in [0.5, 0.6) is 5.75 Å². The molecular formula is C24H34N4O2. The van der Waals surface area contributed by atoms with Crippen molar-refractivity contribution in [1.82, 2.24) is 19.4 Å². The van der Waals surface area contributed by atoms with E-state index in [1.165, 1.54) is 0 Å². The lowest BCUT2D eigenvalue weighted by Gasteiger charge is -2.35. The van der Waals surface area contributed by atoms with Crippen LogP contribution in [0.4, 0.5) is 0 Å². The molecule has 1 aromatic heterocycles. The van der Waals surface area contributed by atoms with Crippen LogP contribution in [-0.4, -0.2) is 65.1 Å². The highest BCUT2D eigenvalue weighted by molar-refractivity contribution is 5.78. The van der Waals surface area contributed by atoms with Gasteiger partial charge in [-0.1, -0.05) is 32.0 Å². The van der Waals surface area contributed by atoms with Gasteiger partial charge in [-0.15, -0.1) is 0 Å². The second kappa shape index (κ2) is 9.21. The number of nitrogens with zero attached hydrogens (tertiary/aromatic N) is 4. The third kappa shape index (κ3) is 4.24. The lowest BCUT2D eigenvalue weighted by atomic mass is 9.90. The van der Waals surface area contributed by atoms with Gasteiger partial charge in [0.1, 0.15) is 11.6 Å². The summed E-state index contributed by atoms with van der Waals surface area (Å²) in [5.74, 6) is 2.82. The molecule has 30 heavy (non-hydrogen) atoms. The Balaban J connectivity index is 1.63. The molecule has 1 amide bonds. The Morgan fingerprint density at radius 1 is 1.20 bits per heavy atom. The van der Waals surface area contributed by atoms with Crippen molar-refractivity contribution in [2.45, 2.75) is 45.6 Å². The third-order valence-electron chi connectivity index (χ3n) is 6.77. The Morgan fingerprint density at radius 3 is 2.70 bits per heavy atom. The van der Waals surface area contributed by atoms with Crippen LogP contribution in [0.2, 0.25) is 0 Å².